The van der Waals surface area contributed by atoms with Crippen LogP contribution < -0.4 is 5.32 Å². The molecule has 1 aromatic carbocycles. The molecular formula is C15H20N2O2S. The molecule has 2 atom stereocenters. The Morgan fingerprint density at radius 1 is 1.50 bits per heavy atom. The maximum atomic E-state index is 12.1. The van der Waals surface area contributed by atoms with E-state index in [-0.39, 0.29) is 12.0 Å². The minimum absolute atomic E-state index is 0.0620. The number of amides is 1. The van der Waals surface area contributed by atoms with Crippen molar-refractivity contribution in [2.75, 3.05) is 26.2 Å². The first-order chi connectivity index (χ1) is 9.72. The van der Waals surface area contributed by atoms with E-state index in [0.717, 1.165) is 18.0 Å². The summed E-state index contributed by atoms with van der Waals surface area (Å²) in [5.74, 6) is -0.0620. The normalized spacial score (nSPS) is 26.2. The summed E-state index contributed by atoms with van der Waals surface area (Å²) in [7, 11) is 0. The molecule has 108 valence electrons. The van der Waals surface area contributed by atoms with Crippen molar-refractivity contribution in [3.05, 3.63) is 29.8 Å². The third-order valence-electron chi connectivity index (χ3n) is 4.06. The third-order valence-corrected chi connectivity index (χ3v) is 4.34. The first kappa shape index (κ1) is 13.9. The number of nitrogens with one attached hydrogen (secondary N) is 1. The summed E-state index contributed by atoms with van der Waals surface area (Å²) in [5, 5.41) is 2.95. The van der Waals surface area contributed by atoms with Crippen LogP contribution in [-0.2, 0) is 4.74 Å². The molecule has 0 aliphatic carbocycles. The predicted octanol–water partition coefficient (Wildman–Crippen LogP) is 1.57. The number of nitrogens with zero attached hydrogens (tertiary/aromatic N) is 1. The van der Waals surface area contributed by atoms with E-state index in [1.807, 2.05) is 12.1 Å². The van der Waals surface area contributed by atoms with Crippen molar-refractivity contribution < 1.29 is 9.53 Å². The Balaban J connectivity index is 1.51. The molecular weight excluding hydrogens is 272 g/mol. The van der Waals surface area contributed by atoms with Gasteiger partial charge in [0, 0.05) is 29.6 Å². The van der Waals surface area contributed by atoms with E-state index < -0.39 is 0 Å². The maximum Gasteiger partial charge on any atom is 0.251 e. The van der Waals surface area contributed by atoms with Gasteiger partial charge in [0.1, 0.15) is 0 Å². The fourth-order valence-electron chi connectivity index (χ4n) is 2.96. The Hall–Kier alpha value is -1.04. The quantitative estimate of drug-likeness (QED) is 0.831. The van der Waals surface area contributed by atoms with Gasteiger partial charge in [0.25, 0.3) is 5.91 Å². The lowest BCUT2D eigenvalue weighted by Gasteiger charge is -2.35. The van der Waals surface area contributed by atoms with Gasteiger partial charge in [0.2, 0.25) is 0 Å². The molecule has 0 spiro atoms. The standard InChI is InChI=1S/C15H20N2O2S/c18-15(11-3-1-5-14(20)7-11)16-8-13-9-17-6-2-4-12(17)10-19-13/h1,3,5,7,12-13,20H,2,4,6,8-10H2,(H,16,18). The van der Waals surface area contributed by atoms with E-state index in [4.69, 9.17) is 4.74 Å². The summed E-state index contributed by atoms with van der Waals surface area (Å²) >= 11 is 4.25. The molecule has 3 rings (SSSR count). The number of hydrogen-bond donors (Lipinski definition) is 2. The van der Waals surface area contributed by atoms with E-state index in [9.17, 15) is 4.79 Å². The Labute approximate surface area is 124 Å². The highest BCUT2D eigenvalue weighted by Gasteiger charge is 2.32. The van der Waals surface area contributed by atoms with Gasteiger partial charge in [-0.15, -0.1) is 12.6 Å². The molecule has 0 saturated carbocycles. The monoisotopic (exact) mass is 292 g/mol. The van der Waals surface area contributed by atoms with Gasteiger partial charge in [-0.1, -0.05) is 6.07 Å². The second-order valence-electron chi connectivity index (χ2n) is 5.51. The number of morpholine rings is 1. The maximum absolute atomic E-state index is 12.1. The molecule has 1 aromatic rings. The van der Waals surface area contributed by atoms with Gasteiger partial charge in [0.15, 0.2) is 0 Å². The van der Waals surface area contributed by atoms with Crippen molar-refractivity contribution in [3.63, 3.8) is 0 Å². The van der Waals surface area contributed by atoms with Crippen molar-refractivity contribution in [1.82, 2.24) is 10.2 Å². The molecule has 20 heavy (non-hydrogen) atoms. The van der Waals surface area contributed by atoms with Crippen LogP contribution in [0.2, 0.25) is 0 Å². The van der Waals surface area contributed by atoms with Gasteiger partial charge in [-0.05, 0) is 37.6 Å². The summed E-state index contributed by atoms with van der Waals surface area (Å²) in [5.41, 5.74) is 0.646. The van der Waals surface area contributed by atoms with Crippen LogP contribution in [0.5, 0.6) is 0 Å². The number of hydrogen-bond acceptors (Lipinski definition) is 4. The molecule has 0 aromatic heterocycles. The van der Waals surface area contributed by atoms with Gasteiger partial charge in [-0.25, -0.2) is 0 Å². The smallest absolute Gasteiger partial charge is 0.251 e. The average molecular weight is 292 g/mol. The summed E-state index contributed by atoms with van der Waals surface area (Å²) < 4.78 is 5.83. The SMILES string of the molecule is O=C(NCC1CN2CCCC2CO1)c1cccc(S)c1. The van der Waals surface area contributed by atoms with Crippen molar-refractivity contribution in [1.29, 1.82) is 0 Å². The molecule has 1 N–H and O–H groups in total. The van der Waals surface area contributed by atoms with Crippen molar-refractivity contribution >= 4 is 18.5 Å². The molecule has 4 nitrogen and oxygen atoms in total. The number of thiol groups is 1. The fraction of sp³-hybridized carbons (Fsp3) is 0.533. The first-order valence-corrected chi connectivity index (χ1v) is 7.60. The van der Waals surface area contributed by atoms with Gasteiger partial charge in [-0.3, -0.25) is 9.69 Å². The molecule has 5 heteroatoms. The Bertz CT molecular complexity index is 495. The highest BCUT2D eigenvalue weighted by molar-refractivity contribution is 7.80. The van der Waals surface area contributed by atoms with Crippen LogP contribution in [0.25, 0.3) is 0 Å². The predicted molar refractivity (Wildman–Crippen MR) is 80.4 cm³/mol. The van der Waals surface area contributed by atoms with Crippen LogP contribution in [0.3, 0.4) is 0 Å². The van der Waals surface area contributed by atoms with Crippen LogP contribution in [0, 0.1) is 0 Å². The van der Waals surface area contributed by atoms with Gasteiger partial charge in [0.05, 0.1) is 12.7 Å². The van der Waals surface area contributed by atoms with Gasteiger partial charge < -0.3 is 10.1 Å². The van der Waals surface area contributed by atoms with E-state index in [0.29, 0.717) is 18.2 Å². The van der Waals surface area contributed by atoms with Crippen LogP contribution >= 0.6 is 12.6 Å². The minimum atomic E-state index is -0.0620. The third kappa shape index (κ3) is 3.16. The molecule has 2 unspecified atom stereocenters. The van der Waals surface area contributed by atoms with E-state index in [1.165, 1.54) is 19.4 Å². The molecule has 0 bridgehead atoms. The highest BCUT2D eigenvalue weighted by atomic mass is 32.1. The number of fused-ring (bicyclic) bond motifs is 1. The molecule has 1 amide bonds. The minimum Gasteiger partial charge on any atom is -0.373 e. The van der Waals surface area contributed by atoms with E-state index >= 15 is 0 Å². The molecule has 2 aliphatic heterocycles. The average Bonchev–Trinajstić information content (AvgIpc) is 2.92. The Morgan fingerprint density at radius 3 is 3.25 bits per heavy atom. The summed E-state index contributed by atoms with van der Waals surface area (Å²) in [6, 6.07) is 7.87. The zero-order chi connectivity index (χ0) is 13.9. The summed E-state index contributed by atoms with van der Waals surface area (Å²) in [4.78, 5) is 15.3. The van der Waals surface area contributed by atoms with Crippen LogP contribution in [0.1, 0.15) is 23.2 Å². The lowest BCUT2D eigenvalue weighted by molar-refractivity contribution is -0.0461. The fourth-order valence-corrected chi connectivity index (χ4v) is 3.19. The van der Waals surface area contributed by atoms with Gasteiger partial charge in [-0.2, -0.15) is 0 Å². The Kier molecular flexibility index (Phi) is 4.29. The van der Waals surface area contributed by atoms with Gasteiger partial charge >= 0.3 is 0 Å². The summed E-state index contributed by atoms with van der Waals surface area (Å²) in [6.07, 6.45) is 2.61. The van der Waals surface area contributed by atoms with Crippen LogP contribution in [-0.4, -0.2) is 49.2 Å². The molecule has 2 aliphatic rings. The topological polar surface area (TPSA) is 41.6 Å². The number of carbonyl (C=O) groups is 1. The molecule has 2 fully saturated rings. The van der Waals surface area contributed by atoms with E-state index in [2.05, 4.69) is 22.8 Å². The lowest BCUT2D eigenvalue weighted by Crippen LogP contribution is -2.50. The molecule has 2 saturated heterocycles. The zero-order valence-electron chi connectivity index (χ0n) is 11.4. The first-order valence-electron chi connectivity index (χ1n) is 7.15. The number of ether oxygens (including phenoxy) is 1. The second kappa shape index (κ2) is 6.16. The van der Waals surface area contributed by atoms with Crippen molar-refractivity contribution in [2.24, 2.45) is 0 Å². The second-order valence-corrected chi connectivity index (χ2v) is 6.02. The van der Waals surface area contributed by atoms with Crippen LogP contribution in [0.4, 0.5) is 0 Å². The Morgan fingerprint density at radius 2 is 2.40 bits per heavy atom. The van der Waals surface area contributed by atoms with Crippen LogP contribution in [0.15, 0.2) is 29.2 Å². The molecule has 0 radical (unpaired) electrons. The highest BCUT2D eigenvalue weighted by Crippen LogP contribution is 2.22. The van der Waals surface area contributed by atoms with Crippen molar-refractivity contribution in [2.45, 2.75) is 29.9 Å². The lowest BCUT2D eigenvalue weighted by atomic mass is 10.1. The van der Waals surface area contributed by atoms with Crippen molar-refractivity contribution in [3.8, 4) is 0 Å². The number of carbonyl (C=O) groups excluding carboxylic acids is 1. The molecule has 2 heterocycles. The number of benzene rings is 1. The largest absolute Gasteiger partial charge is 0.373 e. The van der Waals surface area contributed by atoms with E-state index in [1.54, 1.807) is 12.1 Å². The zero-order valence-corrected chi connectivity index (χ0v) is 12.3. The summed E-state index contributed by atoms with van der Waals surface area (Å²) in [6.45, 7) is 3.46. The number of rotatable bonds is 3.